The Morgan fingerprint density at radius 1 is 1.45 bits per heavy atom. The zero-order chi connectivity index (χ0) is 8.32. The van der Waals surface area contributed by atoms with Gasteiger partial charge in [-0.3, -0.25) is 0 Å². The Bertz CT molecular complexity index is 199. The third-order valence-electron chi connectivity index (χ3n) is 2.69. The van der Waals surface area contributed by atoms with Gasteiger partial charge in [-0.1, -0.05) is 20.8 Å². The largest absolute Gasteiger partial charge is 0.201 e. The van der Waals surface area contributed by atoms with E-state index in [0.717, 1.165) is 0 Å². The maximum absolute atomic E-state index is 4.13. The molecule has 0 aromatic carbocycles. The van der Waals surface area contributed by atoms with E-state index in [2.05, 4.69) is 30.5 Å². The van der Waals surface area contributed by atoms with E-state index >= 15 is 0 Å². The van der Waals surface area contributed by atoms with Crippen LogP contribution in [0, 0.1) is 0 Å². The summed E-state index contributed by atoms with van der Waals surface area (Å²) in [6.07, 6.45) is 4.39. The van der Waals surface area contributed by atoms with E-state index in [4.69, 9.17) is 0 Å². The Morgan fingerprint density at radius 3 is 2.45 bits per heavy atom. The van der Waals surface area contributed by atoms with Crippen molar-refractivity contribution in [2.24, 2.45) is 0 Å². The fourth-order valence-corrected chi connectivity index (χ4v) is 1.86. The topological polar surface area (TPSA) is 12.9 Å². The second-order valence-corrected chi connectivity index (χ2v) is 3.84. The third-order valence-corrected chi connectivity index (χ3v) is 3.28. The SMILES string of the molecule is CCC(C)(CC)c1cnsc1. The lowest BCUT2D eigenvalue weighted by atomic mass is 9.80. The summed E-state index contributed by atoms with van der Waals surface area (Å²) in [6, 6.07) is 0. The quantitative estimate of drug-likeness (QED) is 0.677. The highest BCUT2D eigenvalue weighted by atomic mass is 32.1. The highest BCUT2D eigenvalue weighted by Gasteiger charge is 2.22. The highest BCUT2D eigenvalue weighted by Crippen LogP contribution is 2.31. The second kappa shape index (κ2) is 3.35. The van der Waals surface area contributed by atoms with Gasteiger partial charge >= 0.3 is 0 Å². The Balaban J connectivity index is 2.87. The number of nitrogens with zero attached hydrogens (tertiary/aromatic N) is 1. The summed E-state index contributed by atoms with van der Waals surface area (Å²) in [5.41, 5.74) is 1.75. The van der Waals surface area contributed by atoms with Crippen LogP contribution in [0.4, 0.5) is 0 Å². The molecular weight excluding hydrogens is 154 g/mol. The van der Waals surface area contributed by atoms with Gasteiger partial charge in [-0.15, -0.1) is 0 Å². The van der Waals surface area contributed by atoms with Crippen LogP contribution < -0.4 is 0 Å². The van der Waals surface area contributed by atoms with Crippen molar-refractivity contribution in [3.8, 4) is 0 Å². The zero-order valence-corrected chi connectivity index (χ0v) is 8.24. The fourth-order valence-electron chi connectivity index (χ4n) is 1.16. The molecule has 1 heterocycles. The molecule has 0 radical (unpaired) electrons. The summed E-state index contributed by atoms with van der Waals surface area (Å²) in [7, 11) is 0. The Hall–Kier alpha value is -0.370. The number of hydrogen-bond acceptors (Lipinski definition) is 2. The van der Waals surface area contributed by atoms with Crippen LogP contribution in [0.3, 0.4) is 0 Å². The van der Waals surface area contributed by atoms with E-state index in [-0.39, 0.29) is 0 Å². The average molecular weight is 169 g/mol. The van der Waals surface area contributed by atoms with Crippen LogP contribution in [0.1, 0.15) is 39.2 Å². The molecule has 11 heavy (non-hydrogen) atoms. The first-order chi connectivity index (χ1) is 5.23. The Labute approximate surface area is 72.6 Å². The lowest BCUT2D eigenvalue weighted by Gasteiger charge is -2.24. The van der Waals surface area contributed by atoms with E-state index in [1.54, 1.807) is 11.5 Å². The van der Waals surface area contributed by atoms with Crippen molar-refractivity contribution in [2.45, 2.75) is 39.0 Å². The molecule has 0 amide bonds. The van der Waals surface area contributed by atoms with Crippen molar-refractivity contribution >= 4 is 11.5 Å². The van der Waals surface area contributed by atoms with Crippen LogP contribution in [0.2, 0.25) is 0 Å². The smallest absolute Gasteiger partial charge is 0.0444 e. The molecule has 1 rings (SSSR count). The number of rotatable bonds is 3. The minimum absolute atomic E-state index is 0.354. The summed E-state index contributed by atoms with van der Waals surface area (Å²) in [6.45, 7) is 6.78. The van der Waals surface area contributed by atoms with Crippen molar-refractivity contribution < 1.29 is 0 Å². The van der Waals surface area contributed by atoms with E-state index in [1.807, 2.05) is 6.20 Å². The van der Waals surface area contributed by atoms with E-state index in [1.165, 1.54) is 18.4 Å². The van der Waals surface area contributed by atoms with Gasteiger partial charge in [0.1, 0.15) is 0 Å². The van der Waals surface area contributed by atoms with E-state index in [0.29, 0.717) is 5.41 Å². The average Bonchev–Trinajstić information content (AvgIpc) is 2.55. The summed E-state index contributed by atoms with van der Waals surface area (Å²) < 4.78 is 4.13. The normalized spacial score (nSPS) is 11.9. The van der Waals surface area contributed by atoms with Crippen LogP contribution in [-0.2, 0) is 5.41 Å². The molecule has 0 unspecified atom stereocenters. The Morgan fingerprint density at radius 2 is 2.09 bits per heavy atom. The molecule has 0 spiro atoms. The van der Waals surface area contributed by atoms with Crippen molar-refractivity contribution in [2.75, 3.05) is 0 Å². The highest BCUT2D eigenvalue weighted by molar-refractivity contribution is 7.03. The summed E-state index contributed by atoms with van der Waals surface area (Å²) in [5, 5.41) is 2.16. The first-order valence-corrected chi connectivity index (χ1v) is 4.96. The van der Waals surface area contributed by atoms with Gasteiger partial charge in [0.2, 0.25) is 0 Å². The van der Waals surface area contributed by atoms with E-state index in [9.17, 15) is 0 Å². The van der Waals surface area contributed by atoms with Gasteiger partial charge in [-0.25, -0.2) is 4.37 Å². The molecule has 1 aromatic rings. The maximum Gasteiger partial charge on any atom is 0.0444 e. The Kier molecular flexibility index (Phi) is 2.66. The molecule has 0 fully saturated rings. The molecule has 0 saturated heterocycles. The molecular formula is C9H15NS. The van der Waals surface area contributed by atoms with Crippen LogP contribution in [-0.4, -0.2) is 4.37 Å². The molecule has 62 valence electrons. The zero-order valence-electron chi connectivity index (χ0n) is 7.42. The molecule has 0 aliphatic rings. The van der Waals surface area contributed by atoms with Crippen LogP contribution >= 0.6 is 11.5 Å². The molecule has 0 saturated carbocycles. The maximum atomic E-state index is 4.13. The minimum Gasteiger partial charge on any atom is -0.201 e. The van der Waals surface area contributed by atoms with Crippen LogP contribution in [0.25, 0.3) is 0 Å². The molecule has 1 aromatic heterocycles. The van der Waals surface area contributed by atoms with Crippen LogP contribution in [0.15, 0.2) is 11.6 Å². The number of aromatic nitrogens is 1. The first kappa shape index (κ1) is 8.72. The molecule has 0 aliphatic carbocycles. The van der Waals surface area contributed by atoms with Crippen molar-refractivity contribution in [3.05, 3.63) is 17.1 Å². The molecule has 0 atom stereocenters. The van der Waals surface area contributed by atoms with Gasteiger partial charge in [-0.2, -0.15) is 0 Å². The van der Waals surface area contributed by atoms with Gasteiger partial charge in [0.05, 0.1) is 0 Å². The van der Waals surface area contributed by atoms with Gasteiger partial charge in [0, 0.05) is 11.6 Å². The first-order valence-electron chi connectivity index (χ1n) is 4.13. The van der Waals surface area contributed by atoms with E-state index < -0.39 is 0 Å². The summed E-state index contributed by atoms with van der Waals surface area (Å²) in [5.74, 6) is 0. The minimum atomic E-state index is 0.354. The summed E-state index contributed by atoms with van der Waals surface area (Å²) in [4.78, 5) is 0. The van der Waals surface area contributed by atoms with Gasteiger partial charge in [-0.05, 0) is 35.4 Å². The van der Waals surface area contributed by atoms with Crippen molar-refractivity contribution in [1.29, 1.82) is 0 Å². The molecule has 2 heteroatoms. The van der Waals surface area contributed by atoms with Gasteiger partial charge in [0.25, 0.3) is 0 Å². The van der Waals surface area contributed by atoms with Gasteiger partial charge < -0.3 is 0 Å². The fraction of sp³-hybridized carbons (Fsp3) is 0.667. The standard InChI is InChI=1S/C9H15NS/c1-4-9(3,5-2)8-6-10-11-7-8/h6-7H,4-5H2,1-3H3. The predicted octanol–water partition coefficient (Wildman–Crippen LogP) is 3.22. The van der Waals surface area contributed by atoms with Crippen molar-refractivity contribution in [3.63, 3.8) is 0 Å². The van der Waals surface area contributed by atoms with Crippen molar-refractivity contribution in [1.82, 2.24) is 4.37 Å². The predicted molar refractivity (Wildman–Crippen MR) is 50.0 cm³/mol. The second-order valence-electron chi connectivity index (χ2n) is 3.18. The lowest BCUT2D eigenvalue weighted by Crippen LogP contribution is -2.18. The molecule has 0 bridgehead atoms. The van der Waals surface area contributed by atoms with Crippen LogP contribution in [0.5, 0.6) is 0 Å². The molecule has 0 N–H and O–H groups in total. The third kappa shape index (κ3) is 1.62. The summed E-state index contributed by atoms with van der Waals surface area (Å²) >= 11 is 1.55. The molecule has 1 nitrogen and oxygen atoms in total. The van der Waals surface area contributed by atoms with Gasteiger partial charge in [0.15, 0.2) is 0 Å². The number of hydrogen-bond donors (Lipinski definition) is 0. The monoisotopic (exact) mass is 169 g/mol. The lowest BCUT2D eigenvalue weighted by molar-refractivity contribution is 0.439. The molecule has 0 aliphatic heterocycles.